The highest BCUT2D eigenvalue weighted by Crippen LogP contribution is 2.28. The molecule has 0 aromatic heterocycles. The Kier molecular flexibility index (Phi) is 4.24. The van der Waals surface area contributed by atoms with Crippen molar-refractivity contribution in [1.29, 1.82) is 0 Å². The highest BCUT2D eigenvalue weighted by Gasteiger charge is 2.26. The predicted molar refractivity (Wildman–Crippen MR) is 72.4 cm³/mol. The molecule has 5 heteroatoms. The number of carbonyl (C=O) groups excluding carboxylic acids is 1. The fourth-order valence-corrected chi connectivity index (χ4v) is 2.43. The topological polar surface area (TPSA) is 55.6 Å². The van der Waals surface area contributed by atoms with Crippen LogP contribution in [0, 0.1) is 11.7 Å². The van der Waals surface area contributed by atoms with E-state index in [9.17, 15) is 9.18 Å². The number of nitrogens with zero attached hydrogens (tertiary/aromatic N) is 1. The van der Waals surface area contributed by atoms with Gasteiger partial charge in [0, 0.05) is 13.1 Å². The van der Waals surface area contributed by atoms with E-state index in [0.717, 1.165) is 31.6 Å². The SMILES string of the molecule is CCOC(=O)C1CCN(c2ccc(F)cc2N)CC1. The molecule has 0 bridgehead atoms. The van der Waals surface area contributed by atoms with Crippen LogP contribution in [0.2, 0.25) is 0 Å². The number of benzene rings is 1. The van der Waals surface area contributed by atoms with Gasteiger partial charge in [-0.1, -0.05) is 0 Å². The molecule has 1 aromatic rings. The van der Waals surface area contributed by atoms with Crippen molar-refractivity contribution in [2.24, 2.45) is 5.92 Å². The zero-order valence-corrected chi connectivity index (χ0v) is 11.1. The maximum atomic E-state index is 13.0. The second-order valence-electron chi connectivity index (χ2n) is 4.72. The molecule has 0 saturated carbocycles. The molecule has 0 unspecified atom stereocenters. The first-order valence-electron chi connectivity index (χ1n) is 6.58. The second kappa shape index (κ2) is 5.91. The van der Waals surface area contributed by atoms with Crippen LogP contribution < -0.4 is 10.6 Å². The minimum absolute atomic E-state index is 0.0297. The van der Waals surface area contributed by atoms with Crippen LogP contribution in [0.15, 0.2) is 18.2 Å². The van der Waals surface area contributed by atoms with E-state index in [1.165, 1.54) is 12.1 Å². The lowest BCUT2D eigenvalue weighted by molar-refractivity contribution is -0.148. The minimum Gasteiger partial charge on any atom is -0.466 e. The normalized spacial score (nSPS) is 16.4. The van der Waals surface area contributed by atoms with Gasteiger partial charge in [0.2, 0.25) is 0 Å². The number of anilines is 2. The zero-order valence-electron chi connectivity index (χ0n) is 11.1. The molecule has 1 aliphatic heterocycles. The maximum Gasteiger partial charge on any atom is 0.309 e. The van der Waals surface area contributed by atoms with Crippen LogP contribution in [0.4, 0.5) is 15.8 Å². The molecule has 0 radical (unpaired) electrons. The van der Waals surface area contributed by atoms with Gasteiger partial charge in [-0.2, -0.15) is 0 Å². The molecule has 19 heavy (non-hydrogen) atoms. The number of nitrogens with two attached hydrogens (primary N) is 1. The van der Waals surface area contributed by atoms with Gasteiger partial charge >= 0.3 is 5.97 Å². The Balaban J connectivity index is 1.98. The van der Waals surface area contributed by atoms with Crippen molar-refractivity contribution in [1.82, 2.24) is 0 Å². The largest absolute Gasteiger partial charge is 0.466 e. The number of carbonyl (C=O) groups is 1. The van der Waals surface area contributed by atoms with E-state index in [1.807, 2.05) is 6.92 Å². The monoisotopic (exact) mass is 266 g/mol. The molecule has 0 amide bonds. The van der Waals surface area contributed by atoms with Crippen molar-refractivity contribution in [3.05, 3.63) is 24.0 Å². The molecular formula is C14H19FN2O2. The van der Waals surface area contributed by atoms with Gasteiger partial charge < -0.3 is 15.4 Å². The fourth-order valence-electron chi connectivity index (χ4n) is 2.43. The van der Waals surface area contributed by atoms with E-state index >= 15 is 0 Å². The van der Waals surface area contributed by atoms with Gasteiger partial charge in [0.1, 0.15) is 5.82 Å². The van der Waals surface area contributed by atoms with E-state index in [0.29, 0.717) is 12.3 Å². The summed E-state index contributed by atoms with van der Waals surface area (Å²) in [7, 11) is 0. The van der Waals surface area contributed by atoms with E-state index in [-0.39, 0.29) is 17.7 Å². The molecular weight excluding hydrogens is 247 g/mol. The molecule has 104 valence electrons. The third-order valence-electron chi connectivity index (χ3n) is 3.45. The number of ether oxygens (including phenoxy) is 1. The minimum atomic E-state index is -0.331. The molecule has 2 rings (SSSR count). The summed E-state index contributed by atoms with van der Waals surface area (Å²) in [5.74, 6) is -0.477. The Bertz CT molecular complexity index is 457. The first-order valence-corrected chi connectivity index (χ1v) is 6.58. The quantitative estimate of drug-likeness (QED) is 0.673. The summed E-state index contributed by atoms with van der Waals surface area (Å²) in [5.41, 5.74) is 7.10. The smallest absolute Gasteiger partial charge is 0.309 e. The van der Waals surface area contributed by atoms with Crippen LogP contribution in [0.1, 0.15) is 19.8 Å². The Labute approximate surface area is 112 Å². The number of hydrogen-bond donors (Lipinski definition) is 1. The average Bonchev–Trinajstić information content (AvgIpc) is 2.39. The van der Waals surface area contributed by atoms with E-state index in [4.69, 9.17) is 10.5 Å². The van der Waals surface area contributed by atoms with Crippen LogP contribution in [-0.4, -0.2) is 25.7 Å². The molecule has 0 spiro atoms. The van der Waals surface area contributed by atoms with Crippen molar-refractivity contribution in [2.45, 2.75) is 19.8 Å². The Morgan fingerprint density at radius 3 is 2.74 bits per heavy atom. The first kappa shape index (κ1) is 13.6. The zero-order chi connectivity index (χ0) is 13.8. The lowest BCUT2D eigenvalue weighted by Crippen LogP contribution is -2.37. The summed E-state index contributed by atoms with van der Waals surface area (Å²) in [6.07, 6.45) is 1.49. The van der Waals surface area contributed by atoms with E-state index in [2.05, 4.69) is 4.90 Å². The molecule has 4 nitrogen and oxygen atoms in total. The maximum absolute atomic E-state index is 13.0. The van der Waals surface area contributed by atoms with Gasteiger partial charge in [0.05, 0.1) is 23.9 Å². The van der Waals surface area contributed by atoms with Crippen molar-refractivity contribution in [3.63, 3.8) is 0 Å². The van der Waals surface area contributed by atoms with Crippen LogP contribution in [-0.2, 0) is 9.53 Å². The van der Waals surface area contributed by atoms with Gasteiger partial charge in [-0.3, -0.25) is 4.79 Å². The molecule has 0 aliphatic carbocycles. The van der Waals surface area contributed by atoms with E-state index < -0.39 is 0 Å². The summed E-state index contributed by atoms with van der Waals surface area (Å²) < 4.78 is 18.0. The number of piperidine rings is 1. The molecule has 1 heterocycles. The van der Waals surface area contributed by atoms with Gasteiger partial charge in [0.15, 0.2) is 0 Å². The highest BCUT2D eigenvalue weighted by atomic mass is 19.1. The molecule has 0 atom stereocenters. The molecule has 1 saturated heterocycles. The molecule has 2 N–H and O–H groups in total. The Hall–Kier alpha value is -1.78. The van der Waals surface area contributed by atoms with Gasteiger partial charge in [-0.15, -0.1) is 0 Å². The summed E-state index contributed by atoms with van der Waals surface area (Å²) in [6.45, 7) is 3.70. The van der Waals surface area contributed by atoms with Crippen molar-refractivity contribution < 1.29 is 13.9 Å². The Morgan fingerprint density at radius 1 is 1.47 bits per heavy atom. The lowest BCUT2D eigenvalue weighted by atomic mass is 9.96. The van der Waals surface area contributed by atoms with Crippen molar-refractivity contribution in [2.75, 3.05) is 30.3 Å². The fraction of sp³-hybridized carbons (Fsp3) is 0.500. The van der Waals surface area contributed by atoms with Gasteiger partial charge in [0.25, 0.3) is 0 Å². The summed E-state index contributed by atoms with van der Waals surface area (Å²) >= 11 is 0. The summed E-state index contributed by atoms with van der Waals surface area (Å²) in [6, 6.07) is 4.42. The summed E-state index contributed by atoms with van der Waals surface area (Å²) in [5, 5.41) is 0. The standard InChI is InChI=1S/C14H19FN2O2/c1-2-19-14(18)10-5-7-17(8-6-10)13-4-3-11(15)9-12(13)16/h3-4,9-10H,2,5-8,16H2,1H3. The number of esters is 1. The third kappa shape index (κ3) is 3.16. The molecule has 1 aliphatic rings. The lowest BCUT2D eigenvalue weighted by Gasteiger charge is -2.33. The van der Waals surface area contributed by atoms with E-state index in [1.54, 1.807) is 6.07 Å². The Morgan fingerprint density at radius 2 is 2.16 bits per heavy atom. The van der Waals surface area contributed by atoms with Crippen LogP contribution in [0.5, 0.6) is 0 Å². The van der Waals surface area contributed by atoms with Gasteiger partial charge in [-0.25, -0.2) is 4.39 Å². The highest BCUT2D eigenvalue weighted by molar-refractivity contribution is 5.73. The predicted octanol–water partition coefficient (Wildman–Crippen LogP) is 2.19. The second-order valence-corrected chi connectivity index (χ2v) is 4.72. The molecule has 1 fully saturated rings. The average molecular weight is 266 g/mol. The van der Waals surface area contributed by atoms with Gasteiger partial charge in [-0.05, 0) is 38.0 Å². The first-order chi connectivity index (χ1) is 9.11. The number of rotatable bonds is 3. The third-order valence-corrected chi connectivity index (χ3v) is 3.45. The van der Waals surface area contributed by atoms with Crippen LogP contribution in [0.25, 0.3) is 0 Å². The number of nitrogen functional groups attached to an aromatic ring is 1. The summed E-state index contributed by atoms with van der Waals surface area (Å²) in [4.78, 5) is 13.7. The number of hydrogen-bond acceptors (Lipinski definition) is 4. The van der Waals surface area contributed by atoms with Crippen molar-refractivity contribution >= 4 is 17.3 Å². The van der Waals surface area contributed by atoms with Crippen LogP contribution in [0.3, 0.4) is 0 Å². The molecule has 1 aromatic carbocycles. The van der Waals surface area contributed by atoms with Crippen molar-refractivity contribution in [3.8, 4) is 0 Å². The number of halogens is 1. The van der Waals surface area contributed by atoms with Crippen LogP contribution >= 0.6 is 0 Å².